The zero-order valence-corrected chi connectivity index (χ0v) is 15.0. The lowest BCUT2D eigenvalue weighted by Crippen LogP contribution is -2.30. The molecule has 0 amide bonds. The molecule has 2 heterocycles. The Labute approximate surface area is 133 Å². The number of rotatable bonds is 5. The third-order valence-electron chi connectivity index (χ3n) is 4.18. The van der Waals surface area contributed by atoms with Crippen LogP contribution in [0.4, 0.5) is 0 Å². The molecule has 2 rings (SSSR count). The molecule has 1 aliphatic rings. The van der Waals surface area contributed by atoms with E-state index in [4.69, 9.17) is 4.98 Å². The van der Waals surface area contributed by atoms with Crippen molar-refractivity contribution in [3.8, 4) is 0 Å². The van der Waals surface area contributed by atoms with Crippen LogP contribution in [0.25, 0.3) is 0 Å². The van der Waals surface area contributed by atoms with Crippen LogP contribution in [0.5, 0.6) is 0 Å². The summed E-state index contributed by atoms with van der Waals surface area (Å²) in [6.45, 7) is 12.0. The number of aromatic nitrogens is 1. The Kier molecular flexibility index (Phi) is 6.17. The number of thiazole rings is 1. The normalized spacial score (nSPS) is 21.9. The van der Waals surface area contributed by atoms with Crippen molar-refractivity contribution in [2.24, 2.45) is 0 Å². The van der Waals surface area contributed by atoms with Crippen molar-refractivity contribution in [2.45, 2.75) is 45.7 Å². The monoisotopic (exact) mass is 310 g/mol. The van der Waals surface area contributed by atoms with Crippen LogP contribution in [0.2, 0.25) is 0 Å². The zero-order chi connectivity index (χ0) is 15.4. The average molecular weight is 311 g/mol. The minimum absolute atomic E-state index is 0.440. The highest BCUT2D eigenvalue weighted by Crippen LogP contribution is 2.32. The van der Waals surface area contributed by atoms with Crippen LogP contribution in [-0.4, -0.2) is 55.1 Å². The minimum atomic E-state index is 0.440. The summed E-state index contributed by atoms with van der Waals surface area (Å²) in [5.74, 6) is 0.498. The first-order valence-corrected chi connectivity index (χ1v) is 8.93. The third-order valence-corrected chi connectivity index (χ3v) is 5.35. The minimum Gasteiger partial charge on any atom is -0.312 e. The van der Waals surface area contributed by atoms with Gasteiger partial charge in [-0.25, -0.2) is 4.98 Å². The first-order valence-electron chi connectivity index (χ1n) is 8.11. The predicted molar refractivity (Wildman–Crippen MR) is 91.1 cm³/mol. The van der Waals surface area contributed by atoms with E-state index in [1.54, 1.807) is 0 Å². The van der Waals surface area contributed by atoms with Gasteiger partial charge in [0.2, 0.25) is 0 Å². The van der Waals surface area contributed by atoms with Gasteiger partial charge in [0.25, 0.3) is 0 Å². The van der Waals surface area contributed by atoms with E-state index in [1.807, 2.05) is 11.3 Å². The summed E-state index contributed by atoms with van der Waals surface area (Å²) in [6.07, 6.45) is 1.25. The van der Waals surface area contributed by atoms with E-state index in [0.29, 0.717) is 12.0 Å². The van der Waals surface area contributed by atoms with Gasteiger partial charge in [0, 0.05) is 18.0 Å². The Morgan fingerprint density at radius 3 is 2.76 bits per heavy atom. The van der Waals surface area contributed by atoms with Gasteiger partial charge >= 0.3 is 0 Å². The maximum Gasteiger partial charge on any atom is 0.112 e. The van der Waals surface area contributed by atoms with Crippen molar-refractivity contribution in [1.29, 1.82) is 0 Å². The van der Waals surface area contributed by atoms with Crippen molar-refractivity contribution >= 4 is 11.3 Å². The molecule has 1 unspecified atom stereocenters. The van der Waals surface area contributed by atoms with Gasteiger partial charge in [-0.1, -0.05) is 20.8 Å². The predicted octanol–water partition coefficient (Wildman–Crippen LogP) is 2.68. The van der Waals surface area contributed by atoms with Crippen LogP contribution in [-0.2, 0) is 6.54 Å². The summed E-state index contributed by atoms with van der Waals surface area (Å²) in [7, 11) is 4.47. The fraction of sp³-hybridized carbons (Fsp3) is 0.812. The Morgan fingerprint density at radius 1 is 1.33 bits per heavy atom. The van der Waals surface area contributed by atoms with Crippen molar-refractivity contribution in [3.63, 3.8) is 0 Å². The average Bonchev–Trinajstić information content (AvgIpc) is 2.78. The smallest absolute Gasteiger partial charge is 0.112 e. The molecule has 1 aromatic heterocycles. The maximum absolute atomic E-state index is 5.02. The lowest BCUT2D eigenvalue weighted by atomic mass is 10.1. The van der Waals surface area contributed by atoms with Gasteiger partial charge in [-0.3, -0.25) is 4.90 Å². The molecular weight excluding hydrogens is 280 g/mol. The van der Waals surface area contributed by atoms with E-state index >= 15 is 0 Å². The second kappa shape index (κ2) is 7.68. The molecular formula is C16H30N4S. The van der Waals surface area contributed by atoms with Gasteiger partial charge in [-0.05, 0) is 46.1 Å². The van der Waals surface area contributed by atoms with E-state index in [9.17, 15) is 0 Å². The molecule has 0 spiro atoms. The Balaban J connectivity index is 2.25. The molecule has 0 radical (unpaired) electrons. The fourth-order valence-electron chi connectivity index (χ4n) is 2.88. The van der Waals surface area contributed by atoms with Crippen LogP contribution in [0.1, 0.15) is 54.7 Å². The molecule has 120 valence electrons. The Hall–Kier alpha value is -0.490. The maximum atomic E-state index is 5.02. The Bertz CT molecular complexity index is 443. The van der Waals surface area contributed by atoms with Crippen LogP contribution in [0.15, 0.2) is 0 Å². The van der Waals surface area contributed by atoms with Gasteiger partial charge in [0.15, 0.2) is 0 Å². The lowest BCUT2D eigenvalue weighted by molar-refractivity contribution is 0.228. The molecule has 0 saturated carbocycles. The molecule has 0 bridgehead atoms. The third kappa shape index (κ3) is 4.25. The van der Waals surface area contributed by atoms with E-state index in [1.165, 1.54) is 28.5 Å². The molecule has 5 heteroatoms. The molecule has 1 fully saturated rings. The Morgan fingerprint density at radius 2 is 2.10 bits per heavy atom. The summed E-state index contributed by atoms with van der Waals surface area (Å²) in [5, 5.41) is 4.75. The lowest BCUT2D eigenvalue weighted by Gasteiger charge is -2.25. The number of nitrogens with zero attached hydrogens (tertiary/aromatic N) is 3. The summed E-state index contributed by atoms with van der Waals surface area (Å²) in [6, 6.07) is 0.440. The molecule has 1 N–H and O–H groups in total. The standard InChI is InChI=1S/C16H30N4S/c1-6-17-10-14-15(12(2)3)18-16(21-14)13-11-19(4)8-7-9-20(13)5/h12-13,17H,6-11H2,1-5H3. The van der Waals surface area contributed by atoms with Crippen molar-refractivity contribution in [1.82, 2.24) is 20.1 Å². The van der Waals surface area contributed by atoms with Gasteiger partial charge in [0.05, 0.1) is 11.7 Å². The largest absolute Gasteiger partial charge is 0.312 e. The number of hydrogen-bond acceptors (Lipinski definition) is 5. The van der Waals surface area contributed by atoms with Crippen molar-refractivity contribution in [3.05, 3.63) is 15.6 Å². The van der Waals surface area contributed by atoms with E-state index in [0.717, 1.165) is 26.2 Å². The topological polar surface area (TPSA) is 31.4 Å². The first-order chi connectivity index (χ1) is 10.0. The van der Waals surface area contributed by atoms with E-state index < -0.39 is 0 Å². The molecule has 1 atom stereocenters. The molecule has 4 nitrogen and oxygen atoms in total. The van der Waals surface area contributed by atoms with Crippen LogP contribution >= 0.6 is 11.3 Å². The molecule has 0 aromatic carbocycles. The molecule has 0 aliphatic carbocycles. The summed E-state index contributed by atoms with van der Waals surface area (Å²) in [4.78, 5) is 11.4. The van der Waals surface area contributed by atoms with Crippen molar-refractivity contribution in [2.75, 3.05) is 40.3 Å². The first kappa shape index (κ1) is 16.9. The van der Waals surface area contributed by atoms with Gasteiger partial charge in [0.1, 0.15) is 5.01 Å². The summed E-state index contributed by atoms with van der Waals surface area (Å²) >= 11 is 1.91. The quantitative estimate of drug-likeness (QED) is 0.906. The van der Waals surface area contributed by atoms with Crippen LogP contribution < -0.4 is 5.32 Å². The fourth-order valence-corrected chi connectivity index (χ4v) is 4.23. The molecule has 21 heavy (non-hydrogen) atoms. The number of likely N-dealkylation sites (N-methyl/N-ethyl adjacent to an activating group) is 2. The van der Waals surface area contributed by atoms with Gasteiger partial charge in [-0.2, -0.15) is 0 Å². The van der Waals surface area contributed by atoms with Crippen molar-refractivity contribution < 1.29 is 0 Å². The number of hydrogen-bond donors (Lipinski definition) is 1. The van der Waals surface area contributed by atoms with E-state index in [2.05, 4.69) is 50.0 Å². The summed E-state index contributed by atoms with van der Waals surface area (Å²) in [5.41, 5.74) is 1.29. The molecule has 1 aliphatic heterocycles. The molecule has 1 saturated heterocycles. The molecule has 1 aromatic rings. The zero-order valence-electron chi connectivity index (χ0n) is 14.1. The van der Waals surface area contributed by atoms with Gasteiger partial charge < -0.3 is 10.2 Å². The SMILES string of the molecule is CCNCc1sc(C2CN(C)CCCN2C)nc1C(C)C. The highest BCUT2D eigenvalue weighted by atomic mass is 32.1. The number of nitrogens with one attached hydrogen (secondary N) is 1. The second-order valence-electron chi connectivity index (χ2n) is 6.41. The van der Waals surface area contributed by atoms with E-state index in [-0.39, 0.29) is 0 Å². The highest BCUT2D eigenvalue weighted by molar-refractivity contribution is 7.11. The second-order valence-corrected chi connectivity index (χ2v) is 7.52. The van der Waals surface area contributed by atoms with Crippen LogP contribution in [0, 0.1) is 0 Å². The van der Waals surface area contributed by atoms with Gasteiger partial charge in [-0.15, -0.1) is 11.3 Å². The highest BCUT2D eigenvalue weighted by Gasteiger charge is 2.26. The summed E-state index contributed by atoms with van der Waals surface area (Å²) < 4.78 is 0. The van der Waals surface area contributed by atoms with Crippen LogP contribution in [0.3, 0.4) is 0 Å².